The van der Waals surface area contributed by atoms with E-state index in [0.717, 1.165) is 17.8 Å². The molecule has 0 saturated heterocycles. The highest BCUT2D eigenvalue weighted by Crippen LogP contribution is 2.38. The minimum absolute atomic E-state index is 0.861. The van der Waals surface area contributed by atoms with E-state index in [-0.39, 0.29) is 0 Å². The number of benzene rings is 1. The topological polar surface area (TPSA) is 0 Å². The third-order valence-corrected chi connectivity index (χ3v) is 6.84. The lowest BCUT2D eigenvalue weighted by atomic mass is 9.73. The van der Waals surface area contributed by atoms with Crippen molar-refractivity contribution in [2.45, 2.75) is 102 Å². The van der Waals surface area contributed by atoms with E-state index in [1.54, 1.807) is 31.2 Å². The van der Waals surface area contributed by atoms with Crippen molar-refractivity contribution in [1.29, 1.82) is 0 Å². The maximum atomic E-state index is 2.27. The largest absolute Gasteiger partial charge is 0.0622 e. The highest BCUT2D eigenvalue weighted by atomic mass is 14.3. The Hall–Kier alpha value is -0.780. The quantitative estimate of drug-likeness (QED) is 0.518. The summed E-state index contributed by atoms with van der Waals surface area (Å²) in [7, 11) is 0. The molecule has 1 aromatic rings. The average Bonchev–Trinajstić information content (AvgIpc) is 2.71. The summed E-state index contributed by atoms with van der Waals surface area (Å²) < 4.78 is 0. The molecule has 24 heavy (non-hydrogen) atoms. The van der Waals surface area contributed by atoms with Gasteiger partial charge in [-0.1, -0.05) is 114 Å². The van der Waals surface area contributed by atoms with Crippen molar-refractivity contribution in [2.75, 3.05) is 0 Å². The van der Waals surface area contributed by atoms with E-state index in [9.17, 15) is 0 Å². The van der Waals surface area contributed by atoms with Crippen molar-refractivity contribution < 1.29 is 0 Å². The third-order valence-electron chi connectivity index (χ3n) is 6.84. The van der Waals surface area contributed by atoms with Crippen molar-refractivity contribution >= 4 is 0 Å². The van der Waals surface area contributed by atoms with Gasteiger partial charge in [0.1, 0.15) is 0 Å². The second kappa shape index (κ2) is 10.3. The Morgan fingerprint density at radius 1 is 0.458 bits per heavy atom. The summed E-state index contributed by atoms with van der Waals surface area (Å²) in [5, 5.41) is 0. The fraction of sp³-hybridized carbons (Fsp3) is 0.750. The Bertz CT molecular complexity index is 401. The second-order valence-corrected chi connectivity index (χ2v) is 8.54. The van der Waals surface area contributed by atoms with Gasteiger partial charge in [-0.15, -0.1) is 0 Å². The Labute approximate surface area is 150 Å². The fourth-order valence-corrected chi connectivity index (χ4v) is 5.37. The van der Waals surface area contributed by atoms with Crippen LogP contribution in [-0.2, 0) is 0 Å². The number of hydrogen-bond acceptors (Lipinski definition) is 0. The molecule has 3 aliphatic rings. The van der Waals surface area contributed by atoms with E-state index >= 15 is 0 Å². The van der Waals surface area contributed by atoms with E-state index in [4.69, 9.17) is 0 Å². The van der Waals surface area contributed by atoms with E-state index in [1.165, 1.54) is 70.6 Å². The normalized spacial score (nSPS) is 24.2. The van der Waals surface area contributed by atoms with Crippen LogP contribution in [0.4, 0.5) is 0 Å². The van der Waals surface area contributed by atoms with Crippen molar-refractivity contribution in [2.24, 2.45) is 11.8 Å². The summed E-state index contributed by atoms with van der Waals surface area (Å²) in [4.78, 5) is 0. The van der Waals surface area contributed by atoms with Gasteiger partial charge < -0.3 is 0 Å². The molecule has 0 spiro atoms. The molecule has 134 valence electrons. The predicted molar refractivity (Wildman–Crippen MR) is 105 cm³/mol. The van der Waals surface area contributed by atoms with E-state index < -0.39 is 0 Å². The molecular formula is C24H38. The molecule has 4 rings (SSSR count). The van der Waals surface area contributed by atoms with Crippen LogP contribution in [0.5, 0.6) is 0 Å². The van der Waals surface area contributed by atoms with E-state index in [2.05, 4.69) is 30.3 Å². The lowest BCUT2D eigenvalue weighted by molar-refractivity contribution is 0.196. The van der Waals surface area contributed by atoms with Crippen LogP contribution in [0.15, 0.2) is 30.3 Å². The van der Waals surface area contributed by atoms with E-state index in [0.29, 0.717) is 0 Å². The van der Waals surface area contributed by atoms with Gasteiger partial charge in [0.05, 0.1) is 0 Å². The van der Waals surface area contributed by atoms with Crippen molar-refractivity contribution in [1.82, 2.24) is 0 Å². The minimum Gasteiger partial charge on any atom is -0.0622 e. The lowest BCUT2D eigenvalue weighted by Crippen LogP contribution is -2.20. The molecule has 0 unspecified atom stereocenters. The summed E-state index contributed by atoms with van der Waals surface area (Å²) in [6, 6.07) is 11.0. The molecule has 3 fully saturated rings. The molecule has 0 heteroatoms. The molecule has 0 atom stereocenters. The first-order chi connectivity index (χ1) is 11.9. The van der Waals surface area contributed by atoms with Gasteiger partial charge in [-0.05, 0) is 36.2 Å². The molecule has 0 N–H and O–H groups in total. The van der Waals surface area contributed by atoms with Gasteiger partial charge in [0, 0.05) is 0 Å². The maximum Gasteiger partial charge on any atom is -0.0162 e. The first-order valence-electron chi connectivity index (χ1n) is 11.0. The van der Waals surface area contributed by atoms with Crippen LogP contribution in [-0.4, -0.2) is 0 Å². The minimum atomic E-state index is 0.861. The Kier molecular flexibility index (Phi) is 7.71. The predicted octanol–water partition coefficient (Wildman–Crippen LogP) is 7.88. The van der Waals surface area contributed by atoms with Crippen LogP contribution in [0.3, 0.4) is 0 Å². The maximum absolute atomic E-state index is 2.27. The zero-order chi connectivity index (χ0) is 16.5. The highest BCUT2D eigenvalue weighted by Gasteiger charge is 2.24. The third kappa shape index (κ3) is 5.64. The van der Waals surface area contributed by atoms with Gasteiger partial charge in [0.25, 0.3) is 0 Å². The summed E-state index contributed by atoms with van der Waals surface area (Å²) >= 11 is 0. The zero-order valence-corrected chi connectivity index (χ0v) is 15.7. The fourth-order valence-electron chi connectivity index (χ4n) is 5.37. The van der Waals surface area contributed by atoms with Crippen LogP contribution in [0.25, 0.3) is 0 Å². The standard InChI is InChI=1S/C12H22.C12H16/c2*1-3-7-11(8-4-1)12-9-5-2-6-10-12/h11-12H,1-10H2;1,3-4,7-8,12H,2,5-6,9-10H2. The first kappa shape index (κ1) is 18.0. The lowest BCUT2D eigenvalue weighted by Gasteiger charge is -2.32. The Morgan fingerprint density at radius 3 is 1.33 bits per heavy atom. The molecule has 1 aromatic carbocycles. The average molecular weight is 327 g/mol. The van der Waals surface area contributed by atoms with Crippen molar-refractivity contribution in [3.63, 3.8) is 0 Å². The van der Waals surface area contributed by atoms with Crippen LogP contribution in [0.1, 0.15) is 108 Å². The smallest absolute Gasteiger partial charge is 0.0162 e. The zero-order valence-electron chi connectivity index (χ0n) is 15.7. The van der Waals surface area contributed by atoms with Crippen molar-refractivity contribution in [3.05, 3.63) is 35.9 Å². The van der Waals surface area contributed by atoms with Crippen LogP contribution in [0.2, 0.25) is 0 Å². The van der Waals surface area contributed by atoms with Gasteiger partial charge in [-0.3, -0.25) is 0 Å². The first-order valence-corrected chi connectivity index (χ1v) is 11.0. The molecular weight excluding hydrogens is 288 g/mol. The van der Waals surface area contributed by atoms with Gasteiger partial charge in [0.15, 0.2) is 0 Å². The molecule has 3 saturated carbocycles. The molecule has 0 radical (unpaired) electrons. The molecule has 0 aromatic heterocycles. The summed E-state index contributed by atoms with van der Waals surface area (Å²) in [6.07, 6.45) is 22.5. The highest BCUT2D eigenvalue weighted by molar-refractivity contribution is 5.19. The summed E-state index contributed by atoms with van der Waals surface area (Å²) in [5.74, 6) is 3.14. The molecule has 0 heterocycles. The van der Waals surface area contributed by atoms with Crippen LogP contribution in [0, 0.1) is 11.8 Å². The Morgan fingerprint density at radius 2 is 0.875 bits per heavy atom. The van der Waals surface area contributed by atoms with Gasteiger partial charge >= 0.3 is 0 Å². The molecule has 0 nitrogen and oxygen atoms in total. The van der Waals surface area contributed by atoms with Crippen LogP contribution < -0.4 is 0 Å². The summed E-state index contributed by atoms with van der Waals surface area (Å²) in [6.45, 7) is 0. The SMILES string of the molecule is C1CCC(C2CCCCC2)CC1.c1ccc(C2CCCCC2)cc1. The van der Waals surface area contributed by atoms with Gasteiger partial charge in [-0.2, -0.15) is 0 Å². The molecule has 0 amide bonds. The second-order valence-electron chi connectivity index (χ2n) is 8.54. The number of hydrogen-bond donors (Lipinski definition) is 0. The monoisotopic (exact) mass is 326 g/mol. The molecule has 0 bridgehead atoms. The number of rotatable bonds is 2. The van der Waals surface area contributed by atoms with Crippen molar-refractivity contribution in [3.8, 4) is 0 Å². The van der Waals surface area contributed by atoms with Gasteiger partial charge in [-0.25, -0.2) is 0 Å². The molecule has 3 aliphatic carbocycles. The molecule has 0 aliphatic heterocycles. The van der Waals surface area contributed by atoms with E-state index in [1.807, 2.05) is 0 Å². The van der Waals surface area contributed by atoms with Crippen LogP contribution >= 0.6 is 0 Å². The van der Waals surface area contributed by atoms with Gasteiger partial charge in [0.2, 0.25) is 0 Å². The Balaban J connectivity index is 0.000000141. The summed E-state index contributed by atoms with van der Waals surface area (Å²) in [5.41, 5.74) is 1.55.